The number of benzene rings is 4. The van der Waals surface area contributed by atoms with Crippen molar-refractivity contribution >= 4 is 80.7 Å². The molecule has 1 saturated heterocycles. The van der Waals surface area contributed by atoms with Crippen LogP contribution in [-0.4, -0.2) is 69.5 Å². The first kappa shape index (κ1) is 55.5. The molecule has 14 nitrogen and oxygen atoms in total. The van der Waals surface area contributed by atoms with Gasteiger partial charge in [-0.1, -0.05) is 100 Å². The first-order valence-electron chi connectivity index (χ1n) is 25.0. The van der Waals surface area contributed by atoms with Crippen molar-refractivity contribution in [3.63, 3.8) is 0 Å². The van der Waals surface area contributed by atoms with Gasteiger partial charge in [0.25, 0.3) is 5.91 Å². The number of oxime groups is 1. The van der Waals surface area contributed by atoms with Crippen LogP contribution in [0.15, 0.2) is 113 Å². The summed E-state index contributed by atoms with van der Waals surface area (Å²) in [5.41, 5.74) is 7.05. The van der Waals surface area contributed by atoms with Crippen LogP contribution in [-0.2, 0) is 31.3 Å². The highest BCUT2D eigenvalue weighted by molar-refractivity contribution is 7.12. The standard InChI is InChI=1S/C30H36N4O3S.C29H34N4O3S/c1-29(2,3)22-14-18(15-23(27(22)36)30(4,5)6)24-16-21(37-34-24)17-26(35)32-19-9-11-20(12-10-19)33-28(31)25-8-7-13-38-25;1-28(2,3)21-16-20(17-22(24(21)34)29(4,5)6)32-13-14-33(27(32)36)26(35)18-9-11-19(12-10-18)31-25(30)23-8-7-15-37-23/h7-15,21,36H,16-17H2,1-6H3,(H2,31,33)(H,32,35);7-12,15-17,34H,13-14H2,1-6H3,(H2,30,31). The summed E-state index contributed by atoms with van der Waals surface area (Å²) in [4.78, 5) is 49.6. The molecule has 1 unspecified atom stereocenters. The van der Waals surface area contributed by atoms with E-state index in [4.69, 9.17) is 15.7 Å². The molecule has 75 heavy (non-hydrogen) atoms. The molecule has 4 amide bonds. The van der Waals surface area contributed by atoms with Gasteiger partial charge >= 0.3 is 6.03 Å². The Labute approximate surface area is 448 Å². The first-order valence-corrected chi connectivity index (χ1v) is 26.8. The van der Waals surface area contributed by atoms with Crippen molar-refractivity contribution in [1.29, 1.82) is 10.8 Å². The van der Waals surface area contributed by atoms with Crippen LogP contribution in [0.4, 0.5) is 27.5 Å². The van der Waals surface area contributed by atoms with Crippen LogP contribution in [0, 0.1) is 10.8 Å². The molecule has 394 valence electrons. The van der Waals surface area contributed by atoms with Crippen LogP contribution in [0.1, 0.15) is 144 Å². The zero-order valence-corrected chi connectivity index (χ0v) is 46.6. The Bertz CT molecular complexity index is 3030. The molecule has 0 aliphatic carbocycles. The van der Waals surface area contributed by atoms with E-state index in [2.05, 4.69) is 62.6 Å². The van der Waals surface area contributed by atoms with Gasteiger partial charge in [0.1, 0.15) is 29.3 Å². The number of urea groups is 1. The van der Waals surface area contributed by atoms with Crippen LogP contribution >= 0.6 is 22.7 Å². The highest BCUT2D eigenvalue weighted by Gasteiger charge is 2.37. The molecule has 4 heterocycles. The zero-order chi connectivity index (χ0) is 54.8. The van der Waals surface area contributed by atoms with E-state index in [0.717, 1.165) is 49.0 Å². The summed E-state index contributed by atoms with van der Waals surface area (Å²) in [6.07, 6.45) is 0.327. The fourth-order valence-electron chi connectivity index (χ4n) is 8.70. The number of carbonyl (C=O) groups excluding carboxylic acids is 3. The van der Waals surface area contributed by atoms with Crippen LogP contribution < -0.4 is 20.9 Å². The number of imide groups is 1. The summed E-state index contributed by atoms with van der Waals surface area (Å²) >= 11 is 2.98. The van der Waals surface area contributed by atoms with Gasteiger partial charge in [-0.2, -0.15) is 0 Å². The average molecular weight is 1050 g/mol. The maximum absolute atomic E-state index is 13.4. The third-order valence-corrected chi connectivity index (χ3v) is 14.6. The van der Waals surface area contributed by atoms with Crippen molar-refractivity contribution in [2.24, 2.45) is 5.16 Å². The second-order valence-corrected chi connectivity index (χ2v) is 24.9. The number of rotatable bonds is 10. The Hall–Kier alpha value is -7.30. The Morgan fingerprint density at radius 3 is 1.49 bits per heavy atom. The SMILES string of the molecule is CC(C)(C)c1cc(C2=NOC(CC(=O)Nc3ccc(NC(=N)c4cccs4)cc3)C2)cc(C(C)(C)C)c1O.CC(C)(C)c1cc(N2CCN(C(=O)c3ccc(NC(=N)c4cccs4)cc3)C2=O)cc(C(C)(C)C)c1O. The molecule has 2 aliphatic rings. The van der Waals surface area contributed by atoms with E-state index in [0.29, 0.717) is 47.2 Å². The second-order valence-electron chi connectivity index (χ2n) is 23.0. The van der Waals surface area contributed by atoms with Crippen LogP contribution in [0.25, 0.3) is 0 Å². The van der Waals surface area contributed by atoms with Crippen LogP contribution in [0.2, 0.25) is 0 Å². The fraction of sp³-hybridized carbons (Fsp3) is 0.356. The maximum atomic E-state index is 13.4. The van der Waals surface area contributed by atoms with Gasteiger partial charge in [0.05, 0.1) is 21.9 Å². The van der Waals surface area contributed by atoms with Crippen molar-refractivity contribution < 1.29 is 29.4 Å². The van der Waals surface area contributed by atoms with Crippen molar-refractivity contribution in [1.82, 2.24) is 4.90 Å². The second kappa shape index (κ2) is 21.9. The van der Waals surface area contributed by atoms with E-state index in [9.17, 15) is 24.6 Å². The van der Waals surface area contributed by atoms with Gasteiger partial charge in [-0.15, -0.1) is 22.7 Å². The van der Waals surface area contributed by atoms with E-state index >= 15 is 0 Å². The highest BCUT2D eigenvalue weighted by atomic mass is 32.1. The van der Waals surface area contributed by atoms with Crippen LogP contribution in [0.5, 0.6) is 11.5 Å². The number of amidine groups is 2. The molecule has 0 bridgehead atoms. The third kappa shape index (κ3) is 13.3. The van der Waals surface area contributed by atoms with Crippen molar-refractivity contribution in [3.8, 4) is 11.5 Å². The summed E-state index contributed by atoms with van der Waals surface area (Å²) in [5.74, 6) is 0.688. The Morgan fingerprint density at radius 2 is 1.07 bits per heavy atom. The van der Waals surface area contributed by atoms with Gasteiger partial charge in [0.15, 0.2) is 0 Å². The van der Waals surface area contributed by atoms with Gasteiger partial charge < -0.3 is 31.0 Å². The van der Waals surface area contributed by atoms with E-state index in [1.165, 1.54) is 27.6 Å². The van der Waals surface area contributed by atoms with Crippen LogP contribution in [0.3, 0.4) is 0 Å². The Balaban J connectivity index is 0.000000219. The molecular formula is C59H70N8O6S2. The Kier molecular flexibility index (Phi) is 16.2. The summed E-state index contributed by atoms with van der Waals surface area (Å²) < 4.78 is 0. The monoisotopic (exact) mass is 1050 g/mol. The normalized spacial score (nSPS) is 14.9. The molecule has 0 radical (unpaired) electrons. The summed E-state index contributed by atoms with van der Waals surface area (Å²) in [7, 11) is 0. The molecule has 0 spiro atoms. The molecule has 1 fully saturated rings. The van der Waals surface area contributed by atoms with Gasteiger partial charge in [-0.05, 0) is 117 Å². The van der Waals surface area contributed by atoms with E-state index in [1.807, 2.05) is 113 Å². The first-order chi connectivity index (χ1) is 35.1. The number of carbonyl (C=O) groups is 3. The minimum absolute atomic E-state index is 0.157. The predicted octanol–water partition coefficient (Wildman–Crippen LogP) is 13.6. The lowest BCUT2D eigenvalue weighted by Crippen LogP contribution is -2.36. The third-order valence-electron chi connectivity index (χ3n) is 12.9. The minimum Gasteiger partial charge on any atom is -0.507 e. The molecule has 2 aromatic heterocycles. The molecule has 0 saturated carbocycles. The van der Waals surface area contributed by atoms with Gasteiger partial charge in [0, 0.05) is 75.6 Å². The number of amides is 4. The number of aromatic hydroxyl groups is 2. The fourth-order valence-corrected chi connectivity index (χ4v) is 9.96. The molecule has 16 heteroatoms. The highest BCUT2D eigenvalue weighted by Crippen LogP contribution is 2.43. The summed E-state index contributed by atoms with van der Waals surface area (Å²) in [6, 6.07) is 28.9. The number of nitrogens with one attached hydrogen (secondary N) is 5. The average Bonchev–Trinajstić information content (AvgIpc) is 4.18. The summed E-state index contributed by atoms with van der Waals surface area (Å²) in [5, 5.41) is 55.5. The van der Waals surface area contributed by atoms with E-state index in [-0.39, 0.29) is 70.2 Å². The van der Waals surface area contributed by atoms with Crippen molar-refractivity contribution in [3.05, 3.63) is 151 Å². The van der Waals surface area contributed by atoms with E-state index in [1.54, 1.807) is 41.3 Å². The summed E-state index contributed by atoms with van der Waals surface area (Å²) in [6.45, 7) is 25.3. The molecule has 6 aromatic rings. The Morgan fingerprint density at radius 1 is 0.640 bits per heavy atom. The maximum Gasteiger partial charge on any atom is 0.331 e. The molecule has 4 aromatic carbocycles. The van der Waals surface area contributed by atoms with Gasteiger partial charge in [0.2, 0.25) is 5.91 Å². The number of hydrogen-bond acceptors (Lipinski definition) is 11. The largest absolute Gasteiger partial charge is 0.507 e. The molecular weight excluding hydrogens is 981 g/mol. The smallest absolute Gasteiger partial charge is 0.331 e. The topological polar surface area (TPSA) is 204 Å². The lowest BCUT2D eigenvalue weighted by atomic mass is 9.78. The molecule has 2 aliphatic heterocycles. The lowest BCUT2D eigenvalue weighted by Gasteiger charge is -2.30. The number of hydrogen-bond donors (Lipinski definition) is 7. The number of nitrogens with zero attached hydrogens (tertiary/aromatic N) is 3. The zero-order valence-electron chi connectivity index (χ0n) is 45.0. The number of thiophene rings is 2. The predicted molar refractivity (Wildman–Crippen MR) is 306 cm³/mol. The van der Waals surface area contributed by atoms with Crippen molar-refractivity contribution in [2.75, 3.05) is 33.9 Å². The molecule has 7 N–H and O–H groups in total. The van der Waals surface area contributed by atoms with Crippen molar-refractivity contribution in [2.45, 2.75) is 124 Å². The molecule has 1 atom stereocenters. The quantitative estimate of drug-likeness (QED) is 0.0518. The molecule has 8 rings (SSSR count). The van der Waals surface area contributed by atoms with Gasteiger partial charge in [-0.25, -0.2) is 4.79 Å². The lowest BCUT2D eigenvalue weighted by molar-refractivity contribution is -0.118. The minimum atomic E-state index is -0.378. The number of phenols is 2. The number of phenolic OH excluding ortho intramolecular Hbond substituents is 2. The number of anilines is 4. The van der Waals surface area contributed by atoms with Gasteiger partial charge in [-0.3, -0.25) is 30.2 Å². The van der Waals surface area contributed by atoms with E-state index < -0.39 is 0 Å².